The van der Waals surface area contributed by atoms with E-state index in [-0.39, 0.29) is 0 Å². The molecule has 2 aromatic rings. The standard InChI is InChI=1S/C16H19NS/c1-5-16-17-10-15(18-16)14-7-6-13(8-11(2)3)12(4)9-14/h5-7,9-11H,1,8H2,2-4H3. The summed E-state index contributed by atoms with van der Waals surface area (Å²) in [7, 11) is 0. The number of benzene rings is 1. The molecule has 0 atom stereocenters. The van der Waals surface area contributed by atoms with E-state index in [1.165, 1.54) is 21.6 Å². The van der Waals surface area contributed by atoms with Gasteiger partial charge in [0.25, 0.3) is 0 Å². The van der Waals surface area contributed by atoms with Crippen LogP contribution in [0.1, 0.15) is 30.0 Å². The molecule has 18 heavy (non-hydrogen) atoms. The average molecular weight is 257 g/mol. The molecule has 2 rings (SSSR count). The van der Waals surface area contributed by atoms with Crippen LogP contribution >= 0.6 is 11.3 Å². The second-order valence-corrected chi connectivity index (χ2v) is 6.07. The van der Waals surface area contributed by atoms with Gasteiger partial charge in [-0.25, -0.2) is 4.98 Å². The van der Waals surface area contributed by atoms with Crippen LogP contribution in [-0.4, -0.2) is 4.98 Å². The normalized spacial score (nSPS) is 10.9. The van der Waals surface area contributed by atoms with E-state index in [1.54, 1.807) is 17.4 Å². The fraction of sp³-hybridized carbons (Fsp3) is 0.312. The van der Waals surface area contributed by atoms with Gasteiger partial charge in [-0.1, -0.05) is 38.6 Å². The number of nitrogens with zero attached hydrogens (tertiary/aromatic N) is 1. The van der Waals surface area contributed by atoms with E-state index in [4.69, 9.17) is 0 Å². The molecular weight excluding hydrogens is 238 g/mol. The zero-order valence-corrected chi connectivity index (χ0v) is 12.1. The summed E-state index contributed by atoms with van der Waals surface area (Å²) in [4.78, 5) is 5.52. The van der Waals surface area contributed by atoms with Gasteiger partial charge in [0, 0.05) is 6.20 Å². The summed E-state index contributed by atoms with van der Waals surface area (Å²) in [5.74, 6) is 0.699. The molecule has 0 aliphatic carbocycles. The van der Waals surface area contributed by atoms with E-state index in [2.05, 4.69) is 50.5 Å². The lowest BCUT2D eigenvalue weighted by Crippen LogP contribution is -1.96. The minimum Gasteiger partial charge on any atom is -0.245 e. The van der Waals surface area contributed by atoms with Crippen molar-refractivity contribution in [1.29, 1.82) is 0 Å². The second-order valence-electron chi connectivity index (χ2n) is 5.01. The highest BCUT2D eigenvalue weighted by Gasteiger charge is 2.06. The van der Waals surface area contributed by atoms with Gasteiger partial charge in [-0.05, 0) is 42.0 Å². The number of thiazole rings is 1. The second kappa shape index (κ2) is 5.49. The Kier molecular flexibility index (Phi) is 3.97. The van der Waals surface area contributed by atoms with E-state index in [9.17, 15) is 0 Å². The summed E-state index contributed by atoms with van der Waals surface area (Å²) in [5.41, 5.74) is 4.07. The van der Waals surface area contributed by atoms with Crippen LogP contribution in [0.5, 0.6) is 0 Å². The highest BCUT2D eigenvalue weighted by atomic mass is 32.1. The summed E-state index contributed by atoms with van der Waals surface area (Å²) in [6, 6.07) is 6.71. The molecule has 1 nitrogen and oxygen atoms in total. The maximum absolute atomic E-state index is 4.31. The molecule has 94 valence electrons. The van der Waals surface area contributed by atoms with Crippen molar-refractivity contribution in [2.75, 3.05) is 0 Å². The fourth-order valence-electron chi connectivity index (χ4n) is 2.03. The first kappa shape index (κ1) is 13.0. The third-order valence-electron chi connectivity index (χ3n) is 2.95. The number of rotatable bonds is 4. The lowest BCUT2D eigenvalue weighted by molar-refractivity contribution is 0.645. The van der Waals surface area contributed by atoms with Crippen molar-refractivity contribution in [1.82, 2.24) is 4.98 Å². The SMILES string of the molecule is C=Cc1ncc(-c2ccc(CC(C)C)c(C)c2)s1. The van der Waals surface area contributed by atoms with Crippen LogP contribution in [0, 0.1) is 12.8 Å². The molecule has 0 bridgehead atoms. The lowest BCUT2D eigenvalue weighted by Gasteiger charge is -2.09. The quantitative estimate of drug-likeness (QED) is 0.754. The summed E-state index contributed by atoms with van der Waals surface area (Å²) in [5, 5.41) is 0.980. The van der Waals surface area contributed by atoms with Crippen LogP contribution < -0.4 is 0 Å². The molecule has 0 unspecified atom stereocenters. The van der Waals surface area contributed by atoms with Crippen molar-refractivity contribution in [2.45, 2.75) is 27.2 Å². The minimum atomic E-state index is 0.699. The van der Waals surface area contributed by atoms with Crippen LogP contribution in [0.2, 0.25) is 0 Å². The zero-order valence-electron chi connectivity index (χ0n) is 11.2. The largest absolute Gasteiger partial charge is 0.245 e. The number of hydrogen-bond donors (Lipinski definition) is 0. The number of aryl methyl sites for hydroxylation is 1. The van der Waals surface area contributed by atoms with Crippen molar-refractivity contribution in [2.24, 2.45) is 5.92 Å². The van der Waals surface area contributed by atoms with E-state index in [1.807, 2.05) is 6.20 Å². The highest BCUT2D eigenvalue weighted by molar-refractivity contribution is 7.15. The van der Waals surface area contributed by atoms with Crippen molar-refractivity contribution in [3.8, 4) is 10.4 Å². The van der Waals surface area contributed by atoms with Crippen molar-refractivity contribution in [3.63, 3.8) is 0 Å². The van der Waals surface area contributed by atoms with Gasteiger partial charge in [0.05, 0.1) is 4.88 Å². The van der Waals surface area contributed by atoms with E-state index in [0.717, 1.165) is 11.4 Å². The van der Waals surface area contributed by atoms with Gasteiger partial charge in [0.15, 0.2) is 0 Å². The number of hydrogen-bond acceptors (Lipinski definition) is 2. The Hall–Kier alpha value is -1.41. The maximum Gasteiger partial charge on any atom is 0.116 e. The Bertz CT molecular complexity index is 552. The average Bonchev–Trinajstić information content (AvgIpc) is 2.80. The van der Waals surface area contributed by atoms with Crippen LogP contribution in [0.15, 0.2) is 31.0 Å². The number of aromatic nitrogens is 1. The molecule has 1 aromatic heterocycles. The van der Waals surface area contributed by atoms with Crippen molar-refractivity contribution in [3.05, 3.63) is 47.1 Å². The van der Waals surface area contributed by atoms with Gasteiger partial charge in [0.1, 0.15) is 5.01 Å². The molecule has 2 heteroatoms. The lowest BCUT2D eigenvalue weighted by atomic mass is 9.97. The molecule has 0 spiro atoms. The van der Waals surface area contributed by atoms with E-state index < -0.39 is 0 Å². The highest BCUT2D eigenvalue weighted by Crippen LogP contribution is 2.28. The molecule has 0 aliphatic heterocycles. The van der Waals surface area contributed by atoms with E-state index >= 15 is 0 Å². The van der Waals surface area contributed by atoms with Crippen LogP contribution in [0.25, 0.3) is 16.5 Å². The van der Waals surface area contributed by atoms with Gasteiger partial charge >= 0.3 is 0 Å². The summed E-state index contributed by atoms with van der Waals surface area (Å²) in [6.45, 7) is 10.5. The third kappa shape index (κ3) is 2.88. The maximum atomic E-state index is 4.31. The smallest absolute Gasteiger partial charge is 0.116 e. The Labute approximate surface area is 113 Å². The Morgan fingerprint density at radius 1 is 1.39 bits per heavy atom. The molecule has 0 saturated heterocycles. The minimum absolute atomic E-state index is 0.699. The molecule has 1 heterocycles. The summed E-state index contributed by atoms with van der Waals surface area (Å²) >= 11 is 1.69. The molecule has 0 radical (unpaired) electrons. The predicted molar refractivity (Wildman–Crippen MR) is 80.9 cm³/mol. The molecule has 0 amide bonds. The van der Waals surface area contributed by atoms with Crippen LogP contribution in [0.3, 0.4) is 0 Å². The topological polar surface area (TPSA) is 12.9 Å². The molecule has 0 fully saturated rings. The van der Waals surface area contributed by atoms with Gasteiger partial charge < -0.3 is 0 Å². The zero-order chi connectivity index (χ0) is 13.1. The first-order valence-corrected chi connectivity index (χ1v) is 7.10. The monoisotopic (exact) mass is 257 g/mol. The van der Waals surface area contributed by atoms with Crippen LogP contribution in [0.4, 0.5) is 0 Å². The predicted octanol–water partition coefficient (Wildman–Crippen LogP) is 4.96. The van der Waals surface area contributed by atoms with Crippen molar-refractivity contribution < 1.29 is 0 Å². The molecule has 1 aromatic carbocycles. The van der Waals surface area contributed by atoms with Gasteiger partial charge in [-0.15, -0.1) is 11.3 Å². The first-order valence-electron chi connectivity index (χ1n) is 6.28. The molecule has 0 aliphatic rings. The van der Waals surface area contributed by atoms with Gasteiger partial charge in [-0.3, -0.25) is 0 Å². The van der Waals surface area contributed by atoms with Crippen LogP contribution in [-0.2, 0) is 6.42 Å². The molecule has 0 saturated carbocycles. The van der Waals surface area contributed by atoms with Gasteiger partial charge in [0.2, 0.25) is 0 Å². The summed E-state index contributed by atoms with van der Waals surface area (Å²) in [6.07, 6.45) is 4.87. The fourth-order valence-corrected chi connectivity index (χ4v) is 2.80. The summed E-state index contributed by atoms with van der Waals surface area (Å²) < 4.78 is 0. The Morgan fingerprint density at radius 2 is 2.17 bits per heavy atom. The van der Waals surface area contributed by atoms with Gasteiger partial charge in [-0.2, -0.15) is 0 Å². The molecule has 0 N–H and O–H groups in total. The Balaban J connectivity index is 2.30. The third-order valence-corrected chi connectivity index (χ3v) is 4.00. The first-order chi connectivity index (χ1) is 8.60. The van der Waals surface area contributed by atoms with E-state index in [0.29, 0.717) is 5.92 Å². The van der Waals surface area contributed by atoms with Crippen molar-refractivity contribution >= 4 is 17.4 Å². The molecular formula is C16H19NS. The Morgan fingerprint density at radius 3 is 2.72 bits per heavy atom.